The Hall–Kier alpha value is -1.58. The van der Waals surface area contributed by atoms with E-state index in [0.29, 0.717) is 28.8 Å². The Balaban J connectivity index is 1.97. The first kappa shape index (κ1) is 13.4. The van der Waals surface area contributed by atoms with Crippen LogP contribution in [0, 0.1) is 0 Å². The molecule has 0 saturated heterocycles. The van der Waals surface area contributed by atoms with Crippen molar-refractivity contribution in [2.45, 2.75) is 19.4 Å². The molecule has 0 saturated carbocycles. The number of halogens is 2. The average Bonchev–Trinajstić information content (AvgIpc) is 2.46. The van der Waals surface area contributed by atoms with E-state index in [-0.39, 0.29) is 5.91 Å². The number of para-hydroxylation sites is 1. The number of carbonyl (C=O) groups is 1. The van der Waals surface area contributed by atoms with Gasteiger partial charge >= 0.3 is 0 Å². The molecule has 1 aromatic heterocycles. The van der Waals surface area contributed by atoms with Gasteiger partial charge in [0.05, 0.1) is 17.3 Å². The molecular weight excluding hydrogens is 295 g/mol. The van der Waals surface area contributed by atoms with E-state index in [9.17, 15) is 4.79 Å². The number of benzene rings is 1. The van der Waals surface area contributed by atoms with Gasteiger partial charge in [-0.05, 0) is 30.2 Å². The van der Waals surface area contributed by atoms with Crippen LogP contribution in [0.2, 0.25) is 10.2 Å². The molecule has 102 valence electrons. The number of rotatable bonds is 2. The highest BCUT2D eigenvalue weighted by Crippen LogP contribution is 2.30. The monoisotopic (exact) mass is 306 g/mol. The van der Waals surface area contributed by atoms with Crippen LogP contribution in [-0.4, -0.2) is 10.9 Å². The van der Waals surface area contributed by atoms with Gasteiger partial charge in [0.2, 0.25) is 5.91 Å². The number of amides is 1. The molecular formula is C15H12Cl2N2O. The van der Waals surface area contributed by atoms with Crippen LogP contribution in [0.4, 0.5) is 5.69 Å². The molecule has 0 aliphatic carbocycles. The first-order valence-corrected chi connectivity index (χ1v) is 7.10. The summed E-state index contributed by atoms with van der Waals surface area (Å²) in [5, 5.41) is 0.896. The van der Waals surface area contributed by atoms with E-state index in [2.05, 4.69) is 4.98 Å². The summed E-state index contributed by atoms with van der Waals surface area (Å²) >= 11 is 12.0. The Morgan fingerprint density at radius 2 is 1.90 bits per heavy atom. The van der Waals surface area contributed by atoms with Gasteiger partial charge in [-0.2, -0.15) is 0 Å². The summed E-state index contributed by atoms with van der Waals surface area (Å²) in [7, 11) is 0. The van der Waals surface area contributed by atoms with Gasteiger partial charge in [-0.15, -0.1) is 0 Å². The van der Waals surface area contributed by atoms with E-state index in [1.54, 1.807) is 17.0 Å². The summed E-state index contributed by atoms with van der Waals surface area (Å²) in [5.74, 6) is 0.0848. The lowest BCUT2D eigenvalue weighted by molar-refractivity contribution is -0.119. The van der Waals surface area contributed by atoms with Crippen molar-refractivity contribution in [2.75, 3.05) is 4.90 Å². The van der Waals surface area contributed by atoms with Gasteiger partial charge < -0.3 is 4.90 Å². The van der Waals surface area contributed by atoms with Crippen LogP contribution >= 0.6 is 23.2 Å². The minimum atomic E-state index is 0.0848. The van der Waals surface area contributed by atoms with Crippen molar-refractivity contribution < 1.29 is 4.79 Å². The third-order valence-electron chi connectivity index (χ3n) is 3.38. The van der Waals surface area contributed by atoms with Gasteiger partial charge in [-0.3, -0.25) is 4.79 Å². The van der Waals surface area contributed by atoms with Crippen LogP contribution in [0.25, 0.3) is 0 Å². The quantitative estimate of drug-likeness (QED) is 0.789. The number of aromatic nitrogens is 1. The van der Waals surface area contributed by atoms with Crippen LogP contribution < -0.4 is 4.90 Å². The summed E-state index contributed by atoms with van der Waals surface area (Å²) in [4.78, 5) is 18.1. The molecule has 5 heteroatoms. The predicted molar refractivity (Wildman–Crippen MR) is 80.2 cm³/mol. The van der Waals surface area contributed by atoms with Crippen molar-refractivity contribution in [1.29, 1.82) is 0 Å². The predicted octanol–water partition coefficient (Wildman–Crippen LogP) is 3.87. The Bertz CT molecular complexity index is 673. The maximum atomic E-state index is 12.2. The highest BCUT2D eigenvalue weighted by atomic mass is 35.5. The number of hydrogen-bond donors (Lipinski definition) is 0. The Labute approximate surface area is 127 Å². The van der Waals surface area contributed by atoms with Gasteiger partial charge in [0, 0.05) is 12.1 Å². The van der Waals surface area contributed by atoms with Crippen molar-refractivity contribution in [3.63, 3.8) is 0 Å². The fourth-order valence-electron chi connectivity index (χ4n) is 2.39. The lowest BCUT2D eigenvalue weighted by Crippen LogP contribution is -2.34. The summed E-state index contributed by atoms with van der Waals surface area (Å²) in [6.07, 6.45) is 1.29. The van der Waals surface area contributed by atoms with Crippen LogP contribution in [0.1, 0.15) is 17.7 Å². The highest BCUT2D eigenvalue weighted by molar-refractivity contribution is 6.32. The van der Waals surface area contributed by atoms with Gasteiger partial charge in [-0.25, -0.2) is 4.98 Å². The molecule has 2 heterocycles. The molecule has 0 N–H and O–H groups in total. The molecule has 1 aliphatic rings. The van der Waals surface area contributed by atoms with Crippen LogP contribution in [0.3, 0.4) is 0 Å². The van der Waals surface area contributed by atoms with E-state index in [0.717, 1.165) is 12.1 Å². The van der Waals surface area contributed by atoms with Crippen molar-refractivity contribution >= 4 is 34.8 Å². The Morgan fingerprint density at radius 1 is 1.10 bits per heavy atom. The van der Waals surface area contributed by atoms with Gasteiger partial charge in [0.15, 0.2) is 0 Å². The molecule has 3 rings (SSSR count). The van der Waals surface area contributed by atoms with E-state index in [1.165, 1.54) is 5.56 Å². The normalized spacial score (nSPS) is 14.3. The Morgan fingerprint density at radius 3 is 2.75 bits per heavy atom. The summed E-state index contributed by atoms with van der Waals surface area (Å²) < 4.78 is 0. The van der Waals surface area contributed by atoms with E-state index in [1.807, 2.05) is 24.3 Å². The van der Waals surface area contributed by atoms with Gasteiger partial charge in [0.1, 0.15) is 5.15 Å². The minimum Gasteiger partial charge on any atom is -0.306 e. The van der Waals surface area contributed by atoms with Gasteiger partial charge in [-0.1, -0.05) is 41.4 Å². The molecule has 20 heavy (non-hydrogen) atoms. The molecule has 0 unspecified atom stereocenters. The summed E-state index contributed by atoms with van der Waals surface area (Å²) in [6, 6.07) is 11.2. The smallest absolute Gasteiger partial charge is 0.227 e. The molecule has 1 amide bonds. The maximum absolute atomic E-state index is 12.2. The van der Waals surface area contributed by atoms with E-state index >= 15 is 0 Å². The second kappa shape index (κ2) is 5.43. The second-order valence-electron chi connectivity index (χ2n) is 4.67. The molecule has 0 spiro atoms. The first-order chi connectivity index (χ1) is 9.65. The fourth-order valence-corrected chi connectivity index (χ4v) is 2.72. The number of aryl methyl sites for hydroxylation is 1. The van der Waals surface area contributed by atoms with E-state index in [4.69, 9.17) is 23.2 Å². The zero-order chi connectivity index (χ0) is 14.1. The van der Waals surface area contributed by atoms with E-state index < -0.39 is 0 Å². The molecule has 0 radical (unpaired) electrons. The topological polar surface area (TPSA) is 33.2 Å². The summed E-state index contributed by atoms with van der Waals surface area (Å²) in [5.41, 5.74) is 2.72. The first-order valence-electron chi connectivity index (χ1n) is 6.34. The van der Waals surface area contributed by atoms with Crippen LogP contribution in [0.15, 0.2) is 36.4 Å². The number of pyridine rings is 1. The molecule has 2 aromatic rings. The van der Waals surface area contributed by atoms with Crippen LogP contribution in [0.5, 0.6) is 0 Å². The third-order valence-corrected chi connectivity index (χ3v) is 3.94. The molecule has 0 bridgehead atoms. The number of fused-ring (bicyclic) bond motifs is 1. The van der Waals surface area contributed by atoms with Gasteiger partial charge in [0.25, 0.3) is 0 Å². The largest absolute Gasteiger partial charge is 0.306 e. The zero-order valence-corrected chi connectivity index (χ0v) is 12.2. The fraction of sp³-hybridized carbons (Fsp3) is 0.200. The number of hydrogen-bond acceptors (Lipinski definition) is 2. The molecule has 1 aliphatic heterocycles. The molecule has 1 aromatic carbocycles. The lowest BCUT2D eigenvalue weighted by Gasteiger charge is -2.29. The van der Waals surface area contributed by atoms with Crippen molar-refractivity contribution in [1.82, 2.24) is 4.98 Å². The maximum Gasteiger partial charge on any atom is 0.227 e. The molecule has 3 nitrogen and oxygen atoms in total. The molecule has 0 fully saturated rings. The molecule has 0 atom stereocenters. The van der Waals surface area contributed by atoms with Crippen molar-refractivity contribution in [2.24, 2.45) is 0 Å². The zero-order valence-electron chi connectivity index (χ0n) is 10.6. The highest BCUT2D eigenvalue weighted by Gasteiger charge is 2.24. The Kier molecular flexibility index (Phi) is 3.64. The second-order valence-corrected chi connectivity index (χ2v) is 5.47. The van der Waals surface area contributed by atoms with Crippen LogP contribution in [-0.2, 0) is 17.8 Å². The lowest BCUT2D eigenvalue weighted by atomic mass is 10.0. The SMILES string of the molecule is O=C1CCc2ccccc2N1Cc1nc(Cl)ccc1Cl. The third kappa shape index (κ3) is 2.51. The number of nitrogens with zero attached hydrogens (tertiary/aromatic N) is 2. The van der Waals surface area contributed by atoms with Crippen molar-refractivity contribution in [3.8, 4) is 0 Å². The van der Waals surface area contributed by atoms with Crippen molar-refractivity contribution in [3.05, 3.63) is 57.8 Å². The average molecular weight is 307 g/mol. The summed E-state index contributed by atoms with van der Waals surface area (Å²) in [6.45, 7) is 0.342. The standard InChI is InChI=1S/C15H12Cl2N2O/c16-11-6-7-14(17)18-12(11)9-19-13-4-2-1-3-10(13)5-8-15(19)20/h1-4,6-7H,5,8-9H2. The number of carbonyl (C=O) groups excluding carboxylic acids is 1. The number of anilines is 1. The minimum absolute atomic E-state index is 0.0848.